The lowest BCUT2D eigenvalue weighted by Gasteiger charge is -1.99. The van der Waals surface area contributed by atoms with Gasteiger partial charge in [0.05, 0.1) is 7.11 Å². The molecular weight excluding hydrogens is 293 g/mol. The number of aryl methyl sites for hydroxylation is 1. The zero-order valence-electron chi connectivity index (χ0n) is 9.16. The Labute approximate surface area is 111 Å². The lowest BCUT2D eigenvalue weighted by Crippen LogP contribution is -3.00. The molecule has 0 spiro atoms. The highest BCUT2D eigenvalue weighted by Gasteiger charge is 2.09. The Bertz CT molecular complexity index is 334. The average molecular weight is 309 g/mol. The molecule has 0 bridgehead atoms. The Morgan fingerprint density at radius 1 is 1.50 bits per heavy atom. The number of carbonyl (C=O) groups is 1. The van der Waals surface area contributed by atoms with Crippen LogP contribution in [0.1, 0.15) is 23.2 Å². The van der Waals surface area contributed by atoms with Crippen molar-refractivity contribution in [3.63, 3.8) is 0 Å². The molecule has 5 heteroatoms. The number of halogens is 2. The number of esters is 1. The van der Waals surface area contributed by atoms with Gasteiger partial charge in [0.15, 0.2) is 12.4 Å². The van der Waals surface area contributed by atoms with Crippen LogP contribution in [0.2, 0.25) is 0 Å². The summed E-state index contributed by atoms with van der Waals surface area (Å²) in [4.78, 5) is 11.2. The van der Waals surface area contributed by atoms with Crippen molar-refractivity contribution in [1.82, 2.24) is 0 Å². The number of pyridine rings is 1. The minimum Gasteiger partial charge on any atom is -1.00 e. The zero-order valence-corrected chi connectivity index (χ0v) is 11.5. The summed E-state index contributed by atoms with van der Waals surface area (Å²) in [5.41, 5.74) is 0.575. The number of methoxy groups -OCH3 is 1. The van der Waals surface area contributed by atoms with Crippen molar-refractivity contribution in [2.75, 3.05) is 13.0 Å². The molecule has 0 aliphatic rings. The number of aromatic nitrogens is 1. The van der Waals surface area contributed by atoms with Crippen LogP contribution in [0.25, 0.3) is 0 Å². The van der Waals surface area contributed by atoms with Gasteiger partial charge in [-0.25, -0.2) is 9.36 Å². The first-order valence-corrected chi connectivity index (χ1v) is 5.44. The van der Waals surface area contributed by atoms with Crippen molar-refractivity contribution in [1.29, 1.82) is 0 Å². The smallest absolute Gasteiger partial charge is 0.343 e. The molecule has 0 aliphatic carbocycles. The molecule has 0 radical (unpaired) electrons. The number of unbranched alkanes of at least 4 members (excludes halogenated alkanes) is 1. The molecule has 0 saturated carbocycles. The predicted octanol–water partition coefficient (Wildman–Crippen LogP) is -1.22. The maximum absolute atomic E-state index is 11.2. The normalized spacial score (nSPS) is 9.38. The van der Waals surface area contributed by atoms with Gasteiger partial charge in [-0.2, -0.15) is 0 Å². The topological polar surface area (TPSA) is 30.2 Å². The van der Waals surface area contributed by atoms with E-state index in [1.165, 1.54) is 7.11 Å². The van der Waals surface area contributed by atoms with Crippen LogP contribution in [-0.4, -0.2) is 19.0 Å². The van der Waals surface area contributed by atoms with Gasteiger partial charge >= 0.3 is 5.97 Å². The maximum atomic E-state index is 11.2. The molecule has 0 fully saturated rings. The molecule has 90 valence electrons. The zero-order chi connectivity index (χ0) is 11.1. The lowest BCUT2D eigenvalue weighted by atomic mass is 10.2. The first-order valence-electron chi connectivity index (χ1n) is 4.91. The molecule has 0 amide bonds. The second kappa shape index (κ2) is 8.53. The van der Waals surface area contributed by atoms with Crippen LogP contribution in [0.15, 0.2) is 24.5 Å². The first-order chi connectivity index (χ1) is 7.27. The van der Waals surface area contributed by atoms with Crippen molar-refractivity contribution in [2.45, 2.75) is 19.4 Å². The van der Waals surface area contributed by atoms with Crippen molar-refractivity contribution in [2.24, 2.45) is 0 Å². The summed E-state index contributed by atoms with van der Waals surface area (Å²) in [7, 11) is 1.38. The average Bonchev–Trinajstić information content (AvgIpc) is 2.29. The number of alkyl halides is 1. The fourth-order valence-electron chi connectivity index (χ4n) is 1.29. The second-order valence-corrected chi connectivity index (χ2v) is 3.60. The number of hydrogen-bond acceptors (Lipinski definition) is 2. The van der Waals surface area contributed by atoms with Crippen molar-refractivity contribution in [3.05, 3.63) is 30.1 Å². The van der Waals surface area contributed by atoms with Gasteiger partial charge in [-0.3, -0.25) is 0 Å². The predicted molar refractivity (Wildman–Crippen MR) is 57.9 cm³/mol. The summed E-state index contributed by atoms with van der Waals surface area (Å²) in [5, 5.41) is 0. The van der Waals surface area contributed by atoms with E-state index in [0.717, 1.165) is 19.4 Å². The Morgan fingerprint density at radius 2 is 2.25 bits per heavy atom. The Balaban J connectivity index is 0.00000225. The third-order valence-electron chi connectivity index (χ3n) is 2.08. The number of ether oxygens (including phenoxy) is 1. The summed E-state index contributed by atoms with van der Waals surface area (Å²) in [6.07, 6.45) is 5.72. The van der Waals surface area contributed by atoms with Crippen LogP contribution in [0, 0.1) is 0 Å². The molecular formula is C11H15BrClNO2. The quantitative estimate of drug-likeness (QED) is 0.296. The van der Waals surface area contributed by atoms with Gasteiger partial charge < -0.3 is 21.7 Å². The van der Waals surface area contributed by atoms with E-state index in [1.807, 2.05) is 16.8 Å². The third-order valence-corrected chi connectivity index (χ3v) is 2.35. The summed E-state index contributed by atoms with van der Waals surface area (Å²) in [5.74, 6) is 0.374. The molecule has 0 aromatic carbocycles. The molecule has 0 unspecified atom stereocenters. The standard InChI is InChI=1S/C11H15ClNO2.BrH/c1-15-11(14)10-5-4-8-13(9-10)7-3-2-6-12;/h4-5,8-9H,2-3,6-7H2,1H3;1H/q+1;/p-1. The van der Waals surface area contributed by atoms with Crippen LogP contribution in [0.3, 0.4) is 0 Å². The van der Waals surface area contributed by atoms with E-state index in [-0.39, 0.29) is 23.0 Å². The minimum atomic E-state index is -0.304. The van der Waals surface area contributed by atoms with Gasteiger partial charge in [0.1, 0.15) is 12.1 Å². The van der Waals surface area contributed by atoms with E-state index >= 15 is 0 Å². The number of hydrogen-bond donors (Lipinski definition) is 0. The van der Waals surface area contributed by atoms with Crippen molar-refractivity contribution < 1.29 is 31.1 Å². The highest BCUT2D eigenvalue weighted by Crippen LogP contribution is 1.98. The molecule has 16 heavy (non-hydrogen) atoms. The van der Waals surface area contributed by atoms with E-state index in [2.05, 4.69) is 4.74 Å². The van der Waals surface area contributed by atoms with Gasteiger partial charge in [-0.05, 0) is 12.5 Å². The number of rotatable bonds is 5. The molecule has 1 aromatic heterocycles. The van der Waals surface area contributed by atoms with E-state index < -0.39 is 0 Å². The minimum absolute atomic E-state index is 0. The molecule has 0 atom stereocenters. The number of carbonyl (C=O) groups excluding carboxylic acids is 1. The first kappa shape index (κ1) is 15.4. The van der Waals surface area contributed by atoms with Crippen LogP contribution in [0.5, 0.6) is 0 Å². The van der Waals surface area contributed by atoms with Gasteiger partial charge in [0.25, 0.3) is 0 Å². The fourth-order valence-corrected chi connectivity index (χ4v) is 1.48. The van der Waals surface area contributed by atoms with E-state index in [4.69, 9.17) is 11.6 Å². The SMILES string of the molecule is COC(=O)c1ccc[n+](CCCCCl)c1.[Br-]. The monoisotopic (exact) mass is 307 g/mol. The van der Waals surface area contributed by atoms with Gasteiger partial charge in [-0.15, -0.1) is 11.6 Å². The van der Waals surface area contributed by atoms with Crippen LogP contribution in [-0.2, 0) is 11.3 Å². The van der Waals surface area contributed by atoms with Crippen molar-refractivity contribution in [3.8, 4) is 0 Å². The maximum Gasteiger partial charge on any atom is 0.343 e. The van der Waals surface area contributed by atoms with E-state index in [1.54, 1.807) is 12.3 Å². The van der Waals surface area contributed by atoms with Gasteiger partial charge in [0.2, 0.25) is 0 Å². The molecule has 1 rings (SSSR count). The van der Waals surface area contributed by atoms with Gasteiger partial charge in [0, 0.05) is 18.4 Å². The molecule has 1 aromatic rings. The Kier molecular flexibility index (Phi) is 8.21. The van der Waals surface area contributed by atoms with Crippen LogP contribution >= 0.6 is 11.6 Å². The second-order valence-electron chi connectivity index (χ2n) is 3.22. The van der Waals surface area contributed by atoms with Crippen molar-refractivity contribution >= 4 is 17.6 Å². The van der Waals surface area contributed by atoms with E-state index in [9.17, 15) is 4.79 Å². The summed E-state index contributed by atoms with van der Waals surface area (Å²) < 4.78 is 6.61. The Morgan fingerprint density at radius 3 is 2.88 bits per heavy atom. The van der Waals surface area contributed by atoms with Crippen LogP contribution < -0.4 is 21.5 Å². The summed E-state index contributed by atoms with van der Waals surface area (Å²) >= 11 is 5.59. The van der Waals surface area contributed by atoms with E-state index in [0.29, 0.717) is 11.4 Å². The highest BCUT2D eigenvalue weighted by molar-refractivity contribution is 6.17. The third kappa shape index (κ3) is 4.94. The molecule has 0 saturated heterocycles. The fraction of sp³-hybridized carbons (Fsp3) is 0.455. The molecule has 3 nitrogen and oxygen atoms in total. The van der Waals surface area contributed by atoms with Crippen LogP contribution in [0.4, 0.5) is 0 Å². The Hall–Kier alpha value is -0.610. The number of nitrogens with zero attached hydrogens (tertiary/aromatic N) is 1. The largest absolute Gasteiger partial charge is 1.00 e. The summed E-state index contributed by atoms with van der Waals surface area (Å²) in [6, 6.07) is 3.58. The lowest BCUT2D eigenvalue weighted by molar-refractivity contribution is -0.697. The molecule has 1 heterocycles. The molecule has 0 N–H and O–H groups in total. The highest BCUT2D eigenvalue weighted by atomic mass is 79.9. The van der Waals surface area contributed by atoms with Gasteiger partial charge in [-0.1, -0.05) is 0 Å². The summed E-state index contributed by atoms with van der Waals surface area (Å²) in [6.45, 7) is 0.873. The molecule has 0 aliphatic heterocycles.